The van der Waals surface area contributed by atoms with Crippen LogP contribution >= 0.6 is 11.8 Å². The van der Waals surface area contributed by atoms with Gasteiger partial charge in [-0.15, -0.1) is 0 Å². The molecule has 0 atom stereocenters. The molecule has 1 rings (SSSR count). The molecule has 1 heterocycles. The molecule has 1 saturated heterocycles. The van der Waals surface area contributed by atoms with Crippen molar-refractivity contribution in [2.24, 2.45) is 11.8 Å². The summed E-state index contributed by atoms with van der Waals surface area (Å²) >= 11 is 2.04. The SMILES string of the molecule is CC(C)CNC(=O)CNCC1CCSCC1. The molecule has 0 aromatic carbocycles. The molecule has 1 aliphatic heterocycles. The van der Waals surface area contributed by atoms with Crippen molar-refractivity contribution in [3.05, 3.63) is 0 Å². The van der Waals surface area contributed by atoms with Crippen LogP contribution in [0.5, 0.6) is 0 Å². The van der Waals surface area contributed by atoms with Crippen molar-refractivity contribution in [3.63, 3.8) is 0 Å². The predicted octanol–water partition coefficient (Wildman–Crippen LogP) is 1.49. The van der Waals surface area contributed by atoms with Crippen molar-refractivity contribution in [3.8, 4) is 0 Å². The molecule has 0 aliphatic carbocycles. The fourth-order valence-electron chi connectivity index (χ4n) is 1.72. The van der Waals surface area contributed by atoms with Crippen LogP contribution in [0, 0.1) is 11.8 Å². The van der Waals surface area contributed by atoms with Gasteiger partial charge in [0.25, 0.3) is 0 Å². The lowest BCUT2D eigenvalue weighted by atomic mass is 10.0. The quantitative estimate of drug-likeness (QED) is 0.744. The van der Waals surface area contributed by atoms with Gasteiger partial charge >= 0.3 is 0 Å². The topological polar surface area (TPSA) is 41.1 Å². The molecule has 16 heavy (non-hydrogen) atoms. The molecule has 0 aromatic rings. The first-order valence-electron chi connectivity index (χ1n) is 6.23. The minimum Gasteiger partial charge on any atom is -0.355 e. The van der Waals surface area contributed by atoms with Crippen molar-refractivity contribution in [2.75, 3.05) is 31.1 Å². The number of carbonyl (C=O) groups is 1. The largest absolute Gasteiger partial charge is 0.355 e. The average Bonchev–Trinajstić information content (AvgIpc) is 2.28. The summed E-state index contributed by atoms with van der Waals surface area (Å²) in [5.74, 6) is 4.00. The standard InChI is InChI=1S/C12H24N2OS/c1-10(2)7-14-12(15)9-13-8-11-3-5-16-6-4-11/h10-11,13H,3-9H2,1-2H3,(H,14,15). The highest BCUT2D eigenvalue weighted by Crippen LogP contribution is 2.21. The number of thioether (sulfide) groups is 1. The van der Waals surface area contributed by atoms with Gasteiger partial charge in [0.1, 0.15) is 0 Å². The van der Waals surface area contributed by atoms with E-state index in [1.807, 2.05) is 11.8 Å². The van der Waals surface area contributed by atoms with Crippen LogP contribution in [-0.4, -0.2) is 37.0 Å². The van der Waals surface area contributed by atoms with Crippen LogP contribution in [0.15, 0.2) is 0 Å². The van der Waals surface area contributed by atoms with E-state index in [9.17, 15) is 4.79 Å². The van der Waals surface area contributed by atoms with Crippen molar-refractivity contribution in [1.82, 2.24) is 10.6 Å². The van der Waals surface area contributed by atoms with E-state index >= 15 is 0 Å². The normalized spacial score (nSPS) is 17.7. The van der Waals surface area contributed by atoms with Crippen molar-refractivity contribution >= 4 is 17.7 Å². The average molecular weight is 244 g/mol. The van der Waals surface area contributed by atoms with Gasteiger partial charge in [-0.05, 0) is 42.7 Å². The van der Waals surface area contributed by atoms with Crippen molar-refractivity contribution in [1.29, 1.82) is 0 Å². The minimum atomic E-state index is 0.124. The van der Waals surface area contributed by atoms with Crippen molar-refractivity contribution in [2.45, 2.75) is 26.7 Å². The van der Waals surface area contributed by atoms with E-state index in [0.29, 0.717) is 12.5 Å². The van der Waals surface area contributed by atoms with Gasteiger partial charge in [-0.3, -0.25) is 4.79 Å². The molecule has 0 spiro atoms. The third-order valence-electron chi connectivity index (χ3n) is 2.77. The Bertz CT molecular complexity index is 203. The molecule has 1 fully saturated rings. The molecular weight excluding hydrogens is 220 g/mol. The number of rotatable bonds is 6. The molecular formula is C12H24N2OS. The third-order valence-corrected chi connectivity index (χ3v) is 3.82. The number of hydrogen-bond donors (Lipinski definition) is 2. The molecule has 3 nitrogen and oxygen atoms in total. The Morgan fingerprint density at radius 1 is 1.38 bits per heavy atom. The Hall–Kier alpha value is -0.220. The number of carbonyl (C=O) groups excluding carboxylic acids is 1. The van der Waals surface area contributed by atoms with E-state index in [0.717, 1.165) is 19.0 Å². The summed E-state index contributed by atoms with van der Waals surface area (Å²) in [5.41, 5.74) is 0. The first-order chi connectivity index (χ1) is 7.68. The van der Waals surface area contributed by atoms with Gasteiger partial charge in [0.2, 0.25) is 5.91 Å². The molecule has 0 radical (unpaired) electrons. The molecule has 94 valence electrons. The maximum absolute atomic E-state index is 11.4. The van der Waals surface area contributed by atoms with Gasteiger partial charge in [0.05, 0.1) is 6.54 Å². The van der Waals surface area contributed by atoms with Gasteiger partial charge in [-0.2, -0.15) is 11.8 Å². The first kappa shape index (κ1) is 13.8. The molecule has 1 aliphatic rings. The summed E-state index contributed by atoms with van der Waals surface area (Å²) < 4.78 is 0. The Kier molecular flexibility index (Phi) is 6.88. The Morgan fingerprint density at radius 3 is 2.69 bits per heavy atom. The number of hydrogen-bond acceptors (Lipinski definition) is 3. The molecule has 0 saturated carbocycles. The zero-order chi connectivity index (χ0) is 11.8. The van der Waals surface area contributed by atoms with Gasteiger partial charge in [0.15, 0.2) is 0 Å². The fraction of sp³-hybridized carbons (Fsp3) is 0.917. The molecule has 1 amide bonds. The van der Waals surface area contributed by atoms with Crippen LogP contribution in [0.4, 0.5) is 0 Å². The summed E-state index contributed by atoms with van der Waals surface area (Å²) in [6, 6.07) is 0. The van der Waals surface area contributed by atoms with Crippen LogP contribution in [0.25, 0.3) is 0 Å². The van der Waals surface area contributed by atoms with E-state index in [1.54, 1.807) is 0 Å². The summed E-state index contributed by atoms with van der Waals surface area (Å²) in [4.78, 5) is 11.4. The highest BCUT2D eigenvalue weighted by atomic mass is 32.2. The predicted molar refractivity (Wildman–Crippen MR) is 70.8 cm³/mol. The van der Waals surface area contributed by atoms with Crippen LogP contribution < -0.4 is 10.6 Å². The highest BCUT2D eigenvalue weighted by molar-refractivity contribution is 7.99. The van der Waals surface area contributed by atoms with Gasteiger partial charge in [0, 0.05) is 6.54 Å². The summed E-state index contributed by atoms with van der Waals surface area (Å²) in [6.45, 7) is 6.45. The number of nitrogens with one attached hydrogen (secondary N) is 2. The minimum absolute atomic E-state index is 0.124. The Morgan fingerprint density at radius 2 is 2.06 bits per heavy atom. The van der Waals surface area contributed by atoms with Crippen LogP contribution in [0.3, 0.4) is 0 Å². The monoisotopic (exact) mass is 244 g/mol. The summed E-state index contributed by atoms with van der Waals surface area (Å²) in [5, 5.41) is 6.17. The molecule has 0 bridgehead atoms. The van der Waals surface area contributed by atoms with E-state index in [1.165, 1.54) is 24.3 Å². The maximum Gasteiger partial charge on any atom is 0.233 e. The van der Waals surface area contributed by atoms with Crippen LogP contribution in [0.2, 0.25) is 0 Å². The Balaban J connectivity index is 1.99. The molecule has 0 aromatic heterocycles. The second-order valence-electron chi connectivity index (χ2n) is 4.88. The third kappa shape index (κ3) is 6.38. The lowest BCUT2D eigenvalue weighted by molar-refractivity contribution is -0.120. The van der Waals surface area contributed by atoms with Gasteiger partial charge < -0.3 is 10.6 Å². The first-order valence-corrected chi connectivity index (χ1v) is 7.39. The second-order valence-corrected chi connectivity index (χ2v) is 6.11. The smallest absolute Gasteiger partial charge is 0.233 e. The number of amides is 1. The van der Waals surface area contributed by atoms with Gasteiger partial charge in [-0.25, -0.2) is 0 Å². The van der Waals surface area contributed by atoms with E-state index in [2.05, 4.69) is 24.5 Å². The van der Waals surface area contributed by atoms with E-state index in [-0.39, 0.29) is 5.91 Å². The van der Waals surface area contributed by atoms with Crippen molar-refractivity contribution < 1.29 is 4.79 Å². The Labute approximate surface area is 103 Å². The zero-order valence-corrected chi connectivity index (χ0v) is 11.2. The highest BCUT2D eigenvalue weighted by Gasteiger charge is 2.13. The van der Waals surface area contributed by atoms with E-state index in [4.69, 9.17) is 0 Å². The van der Waals surface area contributed by atoms with Crippen LogP contribution in [-0.2, 0) is 4.79 Å². The molecule has 0 unspecified atom stereocenters. The lowest BCUT2D eigenvalue weighted by Gasteiger charge is -2.21. The fourth-order valence-corrected chi connectivity index (χ4v) is 2.92. The van der Waals surface area contributed by atoms with Gasteiger partial charge in [-0.1, -0.05) is 13.8 Å². The summed E-state index contributed by atoms with van der Waals surface area (Å²) in [7, 11) is 0. The van der Waals surface area contributed by atoms with E-state index < -0.39 is 0 Å². The van der Waals surface area contributed by atoms with Crippen LogP contribution in [0.1, 0.15) is 26.7 Å². The second kappa shape index (κ2) is 7.96. The summed E-state index contributed by atoms with van der Waals surface area (Å²) in [6.07, 6.45) is 2.59. The molecule has 4 heteroatoms. The molecule has 2 N–H and O–H groups in total. The maximum atomic E-state index is 11.4. The lowest BCUT2D eigenvalue weighted by Crippen LogP contribution is -2.37. The zero-order valence-electron chi connectivity index (χ0n) is 10.4.